The molecule has 0 aliphatic carbocycles. The van der Waals surface area contributed by atoms with Gasteiger partial charge in [-0.15, -0.1) is 0 Å². The van der Waals surface area contributed by atoms with E-state index in [0.717, 1.165) is 78.1 Å². The molecule has 0 amide bonds. The zero-order valence-corrected chi connectivity index (χ0v) is 20.0. The van der Waals surface area contributed by atoms with Crippen LogP contribution in [0, 0.1) is 0 Å². The van der Waals surface area contributed by atoms with E-state index >= 15 is 0 Å². The molecule has 31 heavy (non-hydrogen) atoms. The molecule has 2 fully saturated rings. The number of aliphatic imine (C=N–C) groups is 1. The van der Waals surface area contributed by atoms with E-state index in [4.69, 9.17) is 9.73 Å². The minimum absolute atomic E-state index is 0.0604. The number of hydrogen-bond acceptors (Lipinski definition) is 5. The Morgan fingerprint density at radius 1 is 0.968 bits per heavy atom. The first-order valence-electron chi connectivity index (χ1n) is 11.8. The van der Waals surface area contributed by atoms with Crippen LogP contribution >= 0.6 is 0 Å². The highest BCUT2D eigenvalue weighted by Gasteiger charge is 2.28. The lowest BCUT2D eigenvalue weighted by molar-refractivity contribution is -0.00834. The van der Waals surface area contributed by atoms with E-state index in [9.17, 15) is 0 Å². The normalized spacial score (nSPS) is 20.1. The summed E-state index contributed by atoms with van der Waals surface area (Å²) in [6.45, 7) is 18.4. The Hall–Kier alpha value is -1.67. The number of morpholine rings is 1. The van der Waals surface area contributed by atoms with Crippen LogP contribution in [0.2, 0.25) is 0 Å². The molecule has 0 spiro atoms. The molecular weight excluding hydrogens is 388 g/mol. The highest BCUT2D eigenvalue weighted by atomic mass is 16.5. The molecule has 2 heterocycles. The average molecular weight is 431 g/mol. The van der Waals surface area contributed by atoms with Gasteiger partial charge in [0.1, 0.15) is 0 Å². The quantitative estimate of drug-likeness (QED) is 0.483. The summed E-state index contributed by atoms with van der Waals surface area (Å²) in [4.78, 5) is 12.2. The molecule has 0 unspecified atom stereocenters. The number of nitrogens with one attached hydrogen (secondary N) is 2. The second-order valence-electron chi connectivity index (χ2n) is 9.36. The van der Waals surface area contributed by atoms with Crippen LogP contribution in [0.4, 0.5) is 0 Å². The summed E-state index contributed by atoms with van der Waals surface area (Å²) in [7, 11) is 2.20. The van der Waals surface area contributed by atoms with Gasteiger partial charge in [0.2, 0.25) is 0 Å². The number of guanidine groups is 1. The molecule has 3 rings (SSSR count). The first-order valence-corrected chi connectivity index (χ1v) is 11.8. The first-order chi connectivity index (χ1) is 15.0. The van der Waals surface area contributed by atoms with Crippen LogP contribution in [0.5, 0.6) is 0 Å². The topological polar surface area (TPSA) is 55.4 Å². The van der Waals surface area contributed by atoms with Crippen LogP contribution in [0.1, 0.15) is 31.9 Å². The molecule has 0 radical (unpaired) electrons. The van der Waals surface area contributed by atoms with Crippen molar-refractivity contribution in [1.82, 2.24) is 25.3 Å². The van der Waals surface area contributed by atoms with Crippen molar-refractivity contribution in [3.63, 3.8) is 0 Å². The molecule has 2 N–H and O–H groups in total. The van der Waals surface area contributed by atoms with E-state index in [1.807, 2.05) is 0 Å². The van der Waals surface area contributed by atoms with Crippen molar-refractivity contribution in [1.29, 1.82) is 0 Å². The molecule has 1 aromatic carbocycles. The fourth-order valence-electron chi connectivity index (χ4n) is 4.11. The summed E-state index contributed by atoms with van der Waals surface area (Å²) >= 11 is 0. The SMILES string of the molecule is CCNC(=NCc1ccc(CN2CCN(C)CC2)cc1)NCC(C)(C)N1CCOCC1. The van der Waals surface area contributed by atoms with Gasteiger partial charge in [0.15, 0.2) is 5.96 Å². The molecule has 0 saturated carbocycles. The summed E-state index contributed by atoms with van der Waals surface area (Å²) in [5, 5.41) is 6.93. The zero-order chi connectivity index (χ0) is 22.1. The van der Waals surface area contributed by atoms with E-state index in [-0.39, 0.29) is 5.54 Å². The molecule has 2 aliphatic heterocycles. The Morgan fingerprint density at radius 3 is 2.26 bits per heavy atom. The van der Waals surface area contributed by atoms with E-state index in [2.05, 4.69) is 77.4 Å². The summed E-state index contributed by atoms with van der Waals surface area (Å²) < 4.78 is 5.50. The second-order valence-corrected chi connectivity index (χ2v) is 9.36. The van der Waals surface area contributed by atoms with Gasteiger partial charge < -0.3 is 20.3 Å². The Kier molecular flexibility index (Phi) is 9.14. The predicted octanol–water partition coefficient (Wildman–Crippen LogP) is 1.60. The molecule has 174 valence electrons. The highest BCUT2D eigenvalue weighted by Crippen LogP contribution is 2.15. The van der Waals surface area contributed by atoms with E-state index in [0.29, 0.717) is 6.54 Å². The van der Waals surface area contributed by atoms with Crippen molar-refractivity contribution in [2.24, 2.45) is 4.99 Å². The lowest BCUT2D eigenvalue weighted by Gasteiger charge is -2.41. The van der Waals surface area contributed by atoms with Gasteiger partial charge in [0.25, 0.3) is 0 Å². The summed E-state index contributed by atoms with van der Waals surface area (Å²) in [5.74, 6) is 0.880. The molecule has 0 bridgehead atoms. The molecular formula is C24H42N6O. The smallest absolute Gasteiger partial charge is 0.191 e. The summed E-state index contributed by atoms with van der Waals surface area (Å²) in [5.41, 5.74) is 2.69. The van der Waals surface area contributed by atoms with Crippen molar-refractivity contribution >= 4 is 5.96 Å². The predicted molar refractivity (Wildman–Crippen MR) is 129 cm³/mol. The number of likely N-dealkylation sites (N-methyl/N-ethyl adjacent to an activating group) is 1. The second kappa shape index (κ2) is 11.8. The Morgan fingerprint density at radius 2 is 1.61 bits per heavy atom. The molecule has 0 aromatic heterocycles. The standard InChI is InChI=1S/C24H42N6O/c1-5-25-23(27-20-24(2,3)30-14-16-31-17-15-30)26-18-21-6-8-22(9-7-21)19-29-12-10-28(4)11-13-29/h6-9H,5,10-20H2,1-4H3,(H2,25,26,27). The maximum absolute atomic E-state index is 5.50. The minimum atomic E-state index is 0.0604. The zero-order valence-electron chi connectivity index (χ0n) is 20.0. The number of ether oxygens (including phenoxy) is 1. The average Bonchev–Trinajstić information content (AvgIpc) is 2.79. The molecule has 7 heteroatoms. The van der Waals surface area contributed by atoms with E-state index < -0.39 is 0 Å². The number of rotatable bonds is 8. The highest BCUT2D eigenvalue weighted by molar-refractivity contribution is 5.79. The molecule has 2 aliphatic rings. The molecule has 1 aromatic rings. The van der Waals surface area contributed by atoms with Gasteiger partial charge in [0, 0.05) is 64.4 Å². The number of piperazine rings is 1. The van der Waals surface area contributed by atoms with Crippen LogP contribution in [-0.2, 0) is 17.8 Å². The molecule has 7 nitrogen and oxygen atoms in total. The fourth-order valence-corrected chi connectivity index (χ4v) is 4.11. The third kappa shape index (κ3) is 7.75. The van der Waals surface area contributed by atoms with Crippen molar-refractivity contribution in [2.75, 3.05) is 72.6 Å². The van der Waals surface area contributed by atoms with Gasteiger partial charge in [-0.05, 0) is 38.9 Å². The van der Waals surface area contributed by atoms with Gasteiger partial charge >= 0.3 is 0 Å². The fraction of sp³-hybridized carbons (Fsp3) is 0.708. The van der Waals surface area contributed by atoms with E-state index in [1.54, 1.807) is 0 Å². The number of nitrogens with zero attached hydrogens (tertiary/aromatic N) is 4. The van der Waals surface area contributed by atoms with Crippen molar-refractivity contribution in [3.8, 4) is 0 Å². The lowest BCUT2D eigenvalue weighted by atomic mass is 10.0. The lowest BCUT2D eigenvalue weighted by Crippen LogP contribution is -2.56. The van der Waals surface area contributed by atoms with Gasteiger partial charge in [-0.2, -0.15) is 0 Å². The van der Waals surface area contributed by atoms with Crippen LogP contribution in [0.25, 0.3) is 0 Å². The third-order valence-corrected chi connectivity index (χ3v) is 6.34. The number of benzene rings is 1. The molecule has 0 atom stereocenters. The minimum Gasteiger partial charge on any atom is -0.379 e. The first kappa shape index (κ1) is 24.0. The van der Waals surface area contributed by atoms with Gasteiger partial charge in [-0.1, -0.05) is 24.3 Å². The van der Waals surface area contributed by atoms with Crippen molar-refractivity contribution in [3.05, 3.63) is 35.4 Å². The third-order valence-electron chi connectivity index (χ3n) is 6.34. The van der Waals surface area contributed by atoms with Crippen molar-refractivity contribution < 1.29 is 4.74 Å². The Balaban J connectivity index is 1.50. The van der Waals surface area contributed by atoms with Crippen molar-refractivity contribution in [2.45, 2.75) is 39.4 Å². The van der Waals surface area contributed by atoms with E-state index in [1.165, 1.54) is 11.1 Å². The maximum Gasteiger partial charge on any atom is 0.191 e. The monoisotopic (exact) mass is 430 g/mol. The van der Waals surface area contributed by atoms with Gasteiger partial charge in [-0.3, -0.25) is 9.80 Å². The van der Waals surface area contributed by atoms with Crippen LogP contribution in [-0.4, -0.2) is 98.8 Å². The Labute approximate surface area is 188 Å². The van der Waals surface area contributed by atoms with Crippen LogP contribution < -0.4 is 10.6 Å². The van der Waals surface area contributed by atoms with Crippen LogP contribution in [0.3, 0.4) is 0 Å². The Bertz CT molecular complexity index is 676. The van der Waals surface area contributed by atoms with Gasteiger partial charge in [-0.25, -0.2) is 4.99 Å². The summed E-state index contributed by atoms with van der Waals surface area (Å²) in [6.07, 6.45) is 0. The maximum atomic E-state index is 5.50. The number of hydrogen-bond donors (Lipinski definition) is 2. The molecule has 2 saturated heterocycles. The summed E-state index contributed by atoms with van der Waals surface area (Å²) in [6, 6.07) is 8.95. The van der Waals surface area contributed by atoms with Crippen LogP contribution in [0.15, 0.2) is 29.3 Å². The van der Waals surface area contributed by atoms with Gasteiger partial charge in [0.05, 0.1) is 19.8 Å². The largest absolute Gasteiger partial charge is 0.379 e.